The second-order valence-corrected chi connectivity index (χ2v) is 8.45. The fourth-order valence-electron chi connectivity index (χ4n) is 4.34. The number of benzene rings is 3. The molecule has 1 amide bonds. The van der Waals surface area contributed by atoms with E-state index in [0.29, 0.717) is 5.69 Å². The highest BCUT2D eigenvalue weighted by molar-refractivity contribution is 5.96. The number of rotatable bonds is 5. The molecule has 1 aliphatic rings. The van der Waals surface area contributed by atoms with Gasteiger partial charge >= 0.3 is 0 Å². The van der Waals surface area contributed by atoms with Gasteiger partial charge in [0.05, 0.1) is 5.69 Å². The maximum atomic E-state index is 13.1. The van der Waals surface area contributed by atoms with Crippen LogP contribution in [-0.2, 0) is 4.79 Å². The van der Waals surface area contributed by atoms with Crippen molar-refractivity contribution in [3.63, 3.8) is 0 Å². The molecule has 0 saturated carbocycles. The lowest BCUT2D eigenvalue weighted by atomic mass is 9.95. The first kappa shape index (κ1) is 21.8. The van der Waals surface area contributed by atoms with Crippen molar-refractivity contribution in [3.05, 3.63) is 96.8 Å². The van der Waals surface area contributed by atoms with Gasteiger partial charge in [-0.2, -0.15) is 0 Å². The van der Waals surface area contributed by atoms with E-state index in [2.05, 4.69) is 20.4 Å². The summed E-state index contributed by atoms with van der Waals surface area (Å²) in [7, 11) is 0. The van der Waals surface area contributed by atoms with E-state index in [0.717, 1.165) is 54.1 Å². The summed E-state index contributed by atoms with van der Waals surface area (Å²) in [5.41, 5.74) is 4.46. The normalized spacial score (nSPS) is 14.1. The summed E-state index contributed by atoms with van der Waals surface area (Å²) in [5.74, 6) is 0.523. The minimum absolute atomic E-state index is 0.0495. The van der Waals surface area contributed by atoms with E-state index in [1.165, 1.54) is 12.1 Å². The number of carbonyl (C=O) groups excluding carboxylic acids is 1. The summed E-state index contributed by atoms with van der Waals surface area (Å²) in [6, 6.07) is 28.0. The molecule has 0 atom stereocenters. The number of carbonyl (C=O) groups is 1. The smallest absolute Gasteiger partial charge is 0.227 e. The molecule has 1 N–H and O–H groups in total. The largest absolute Gasteiger partial charge is 0.355 e. The van der Waals surface area contributed by atoms with Gasteiger partial charge in [0.15, 0.2) is 5.82 Å². The third-order valence-electron chi connectivity index (χ3n) is 6.25. The van der Waals surface area contributed by atoms with Gasteiger partial charge < -0.3 is 10.2 Å². The maximum Gasteiger partial charge on any atom is 0.227 e. The predicted molar refractivity (Wildman–Crippen MR) is 133 cm³/mol. The highest BCUT2D eigenvalue weighted by Gasteiger charge is 2.26. The second kappa shape index (κ2) is 9.83. The molecule has 0 spiro atoms. The van der Waals surface area contributed by atoms with Crippen molar-refractivity contribution < 1.29 is 9.18 Å². The van der Waals surface area contributed by atoms with Crippen LogP contribution in [0, 0.1) is 11.7 Å². The molecular formula is C28H25FN4O. The molecule has 1 aliphatic heterocycles. The highest BCUT2D eigenvalue weighted by Crippen LogP contribution is 2.29. The Morgan fingerprint density at radius 1 is 0.794 bits per heavy atom. The molecule has 5 nitrogen and oxygen atoms in total. The number of amides is 1. The molecule has 0 aliphatic carbocycles. The third-order valence-corrected chi connectivity index (χ3v) is 6.25. The Bertz CT molecular complexity index is 1250. The number of halogens is 1. The van der Waals surface area contributed by atoms with Gasteiger partial charge in [0, 0.05) is 35.8 Å². The van der Waals surface area contributed by atoms with Crippen LogP contribution in [0.2, 0.25) is 0 Å². The topological polar surface area (TPSA) is 58.1 Å². The van der Waals surface area contributed by atoms with Gasteiger partial charge in [-0.1, -0.05) is 48.5 Å². The summed E-state index contributed by atoms with van der Waals surface area (Å²) in [4.78, 5) is 15.2. The summed E-state index contributed by atoms with van der Waals surface area (Å²) in [5, 5.41) is 11.8. The summed E-state index contributed by atoms with van der Waals surface area (Å²) >= 11 is 0. The van der Waals surface area contributed by atoms with Gasteiger partial charge in [-0.3, -0.25) is 4.79 Å². The van der Waals surface area contributed by atoms with E-state index in [1.807, 2.05) is 66.7 Å². The molecule has 0 unspecified atom stereocenters. The van der Waals surface area contributed by atoms with Crippen molar-refractivity contribution >= 4 is 17.4 Å². The van der Waals surface area contributed by atoms with Crippen LogP contribution in [-0.4, -0.2) is 29.2 Å². The number of para-hydroxylation sites is 1. The van der Waals surface area contributed by atoms with Crippen LogP contribution >= 0.6 is 0 Å². The van der Waals surface area contributed by atoms with E-state index in [-0.39, 0.29) is 17.6 Å². The first-order valence-corrected chi connectivity index (χ1v) is 11.5. The molecule has 1 fully saturated rings. The Balaban J connectivity index is 1.21. The zero-order chi connectivity index (χ0) is 23.3. The van der Waals surface area contributed by atoms with Gasteiger partial charge in [-0.05, 0) is 60.9 Å². The molecular weight excluding hydrogens is 427 g/mol. The van der Waals surface area contributed by atoms with Crippen LogP contribution in [0.1, 0.15) is 12.8 Å². The number of nitrogens with zero attached hydrogens (tertiary/aromatic N) is 3. The monoisotopic (exact) mass is 452 g/mol. The summed E-state index contributed by atoms with van der Waals surface area (Å²) in [6.45, 7) is 1.48. The van der Waals surface area contributed by atoms with Crippen molar-refractivity contribution in [3.8, 4) is 22.4 Å². The zero-order valence-electron chi connectivity index (χ0n) is 18.7. The molecule has 3 aromatic carbocycles. The number of aromatic nitrogens is 2. The van der Waals surface area contributed by atoms with Gasteiger partial charge in [0.25, 0.3) is 0 Å². The third kappa shape index (κ3) is 4.81. The van der Waals surface area contributed by atoms with Crippen molar-refractivity contribution in [2.24, 2.45) is 5.92 Å². The first-order valence-electron chi connectivity index (χ1n) is 11.5. The minimum atomic E-state index is -0.274. The molecule has 170 valence electrons. The SMILES string of the molecule is O=C(Nc1ccccc1-c1ccccc1)C1CCN(c2ccc(-c3ccc(F)cc3)nn2)CC1. The minimum Gasteiger partial charge on any atom is -0.355 e. The molecule has 1 aromatic heterocycles. The van der Waals surface area contributed by atoms with Crippen LogP contribution in [0.4, 0.5) is 15.9 Å². The molecule has 5 rings (SSSR count). The van der Waals surface area contributed by atoms with Crippen LogP contribution < -0.4 is 10.2 Å². The lowest BCUT2D eigenvalue weighted by Gasteiger charge is -2.32. The van der Waals surface area contributed by atoms with Gasteiger partial charge in [-0.15, -0.1) is 10.2 Å². The van der Waals surface area contributed by atoms with E-state index in [9.17, 15) is 9.18 Å². The number of piperidine rings is 1. The van der Waals surface area contributed by atoms with Gasteiger partial charge in [-0.25, -0.2) is 4.39 Å². The number of nitrogens with one attached hydrogen (secondary N) is 1. The highest BCUT2D eigenvalue weighted by atomic mass is 19.1. The zero-order valence-corrected chi connectivity index (χ0v) is 18.7. The fourth-order valence-corrected chi connectivity index (χ4v) is 4.34. The molecule has 6 heteroatoms. The van der Waals surface area contributed by atoms with Gasteiger partial charge in [0.2, 0.25) is 5.91 Å². The quantitative estimate of drug-likeness (QED) is 0.415. The molecule has 34 heavy (non-hydrogen) atoms. The molecule has 4 aromatic rings. The standard InChI is InChI=1S/C28H25FN4O/c29-23-12-10-21(11-13-23)25-14-15-27(32-31-25)33-18-16-22(17-19-33)28(34)30-26-9-5-4-8-24(26)20-6-2-1-3-7-20/h1-15,22H,16-19H2,(H,30,34). The predicted octanol–water partition coefficient (Wildman–Crippen LogP) is 5.80. The van der Waals surface area contributed by atoms with Crippen molar-refractivity contribution in [1.82, 2.24) is 10.2 Å². The van der Waals surface area contributed by atoms with E-state index in [4.69, 9.17) is 0 Å². The molecule has 0 radical (unpaired) electrons. The van der Waals surface area contributed by atoms with Crippen molar-refractivity contribution in [1.29, 1.82) is 0 Å². The summed E-state index contributed by atoms with van der Waals surface area (Å²) < 4.78 is 13.1. The lowest BCUT2D eigenvalue weighted by Crippen LogP contribution is -2.38. The van der Waals surface area contributed by atoms with Gasteiger partial charge in [0.1, 0.15) is 5.82 Å². The van der Waals surface area contributed by atoms with E-state index in [1.54, 1.807) is 12.1 Å². The van der Waals surface area contributed by atoms with Crippen molar-refractivity contribution in [2.75, 3.05) is 23.3 Å². The molecule has 1 saturated heterocycles. The van der Waals surface area contributed by atoms with E-state index >= 15 is 0 Å². The number of hydrogen-bond acceptors (Lipinski definition) is 4. The average molecular weight is 453 g/mol. The van der Waals surface area contributed by atoms with Crippen LogP contribution in [0.25, 0.3) is 22.4 Å². The number of hydrogen-bond donors (Lipinski definition) is 1. The Morgan fingerprint density at radius 3 is 2.21 bits per heavy atom. The Labute approximate surface area is 198 Å². The fraction of sp³-hybridized carbons (Fsp3) is 0.179. The average Bonchev–Trinajstić information content (AvgIpc) is 2.90. The van der Waals surface area contributed by atoms with E-state index < -0.39 is 0 Å². The molecule has 2 heterocycles. The number of anilines is 2. The Kier molecular flexibility index (Phi) is 6.29. The second-order valence-electron chi connectivity index (χ2n) is 8.45. The Morgan fingerprint density at radius 2 is 1.50 bits per heavy atom. The molecule has 0 bridgehead atoms. The maximum absolute atomic E-state index is 13.1. The van der Waals surface area contributed by atoms with Crippen LogP contribution in [0.15, 0.2) is 91.0 Å². The first-order chi connectivity index (χ1) is 16.7. The Hall–Kier alpha value is -4.06. The summed E-state index contributed by atoms with van der Waals surface area (Å²) in [6.07, 6.45) is 1.50. The van der Waals surface area contributed by atoms with Crippen molar-refractivity contribution in [2.45, 2.75) is 12.8 Å². The lowest BCUT2D eigenvalue weighted by molar-refractivity contribution is -0.120. The van der Waals surface area contributed by atoms with Crippen LogP contribution in [0.3, 0.4) is 0 Å². The van der Waals surface area contributed by atoms with Crippen LogP contribution in [0.5, 0.6) is 0 Å².